The van der Waals surface area contributed by atoms with Gasteiger partial charge in [-0.2, -0.15) is 5.10 Å². The Hall–Kier alpha value is -2.41. The molecule has 6 nitrogen and oxygen atoms in total. The third-order valence-electron chi connectivity index (χ3n) is 3.17. The second kappa shape index (κ2) is 5.53. The van der Waals surface area contributed by atoms with Gasteiger partial charge in [0.2, 0.25) is 0 Å². The molecule has 2 N–H and O–H groups in total. The quantitative estimate of drug-likeness (QED) is 0.555. The summed E-state index contributed by atoms with van der Waals surface area (Å²) >= 11 is 3.18. The molecule has 0 saturated carbocycles. The number of nitrogens with one attached hydrogen (secondary N) is 2. The van der Waals surface area contributed by atoms with Crippen LogP contribution in [0.15, 0.2) is 47.1 Å². The second-order valence-electron chi connectivity index (χ2n) is 4.54. The predicted octanol–water partition coefficient (Wildman–Crippen LogP) is 3.85. The van der Waals surface area contributed by atoms with Crippen LogP contribution in [0.25, 0.3) is 10.9 Å². The normalized spacial score (nSPS) is 10.7. The van der Waals surface area contributed by atoms with Crippen LogP contribution in [0, 0.1) is 10.1 Å². The monoisotopic (exact) mass is 346 g/mol. The fraction of sp³-hybridized carbons (Fsp3) is 0.0714. The molecule has 0 aliphatic heterocycles. The van der Waals surface area contributed by atoms with E-state index >= 15 is 0 Å². The van der Waals surface area contributed by atoms with Crippen molar-refractivity contribution in [2.24, 2.45) is 0 Å². The molecule has 0 spiro atoms. The number of nitro groups is 1. The van der Waals surface area contributed by atoms with Gasteiger partial charge in [0.1, 0.15) is 0 Å². The van der Waals surface area contributed by atoms with Gasteiger partial charge in [-0.25, -0.2) is 0 Å². The third-order valence-corrected chi connectivity index (χ3v) is 3.84. The Labute approximate surface area is 128 Å². The van der Waals surface area contributed by atoms with Crippen LogP contribution in [0.3, 0.4) is 0 Å². The molecule has 0 amide bonds. The van der Waals surface area contributed by atoms with Gasteiger partial charge in [0.05, 0.1) is 26.8 Å². The standard InChI is InChI=1S/C14H11BrN4O2/c15-11-5-4-9(6-13(11)19(20)21)7-16-12-3-1-2-10-8-17-18-14(10)12/h1-6,8,16H,7H2,(H,17,18). The van der Waals surface area contributed by atoms with Crippen molar-refractivity contribution in [3.05, 3.63) is 62.7 Å². The van der Waals surface area contributed by atoms with Gasteiger partial charge in [-0.3, -0.25) is 15.2 Å². The first-order valence-corrected chi connectivity index (χ1v) is 7.03. The molecular formula is C14H11BrN4O2. The maximum absolute atomic E-state index is 10.9. The fourth-order valence-corrected chi connectivity index (χ4v) is 2.51. The lowest BCUT2D eigenvalue weighted by molar-refractivity contribution is -0.385. The Kier molecular flexibility index (Phi) is 3.57. The van der Waals surface area contributed by atoms with E-state index in [4.69, 9.17) is 0 Å². The molecule has 21 heavy (non-hydrogen) atoms. The Morgan fingerprint density at radius 1 is 1.33 bits per heavy atom. The number of nitrogens with zero attached hydrogens (tertiary/aromatic N) is 2. The van der Waals surface area contributed by atoms with Crippen LogP contribution >= 0.6 is 15.9 Å². The van der Waals surface area contributed by atoms with Gasteiger partial charge in [0.15, 0.2) is 0 Å². The third kappa shape index (κ3) is 2.73. The SMILES string of the molecule is O=[N+]([O-])c1cc(CNc2cccc3cn[nH]c23)ccc1Br. The average molecular weight is 347 g/mol. The zero-order chi connectivity index (χ0) is 14.8. The number of rotatable bonds is 4. The summed E-state index contributed by atoms with van der Waals surface area (Å²) in [7, 11) is 0. The number of para-hydroxylation sites is 1. The number of H-pyrrole nitrogens is 1. The highest BCUT2D eigenvalue weighted by Crippen LogP contribution is 2.26. The number of hydrogen-bond donors (Lipinski definition) is 2. The number of halogens is 1. The summed E-state index contributed by atoms with van der Waals surface area (Å²) in [5.74, 6) is 0. The molecule has 0 unspecified atom stereocenters. The molecule has 1 aromatic heterocycles. The zero-order valence-corrected chi connectivity index (χ0v) is 12.4. The topological polar surface area (TPSA) is 83.8 Å². The minimum absolute atomic E-state index is 0.0639. The lowest BCUT2D eigenvalue weighted by atomic mass is 10.2. The number of benzene rings is 2. The van der Waals surface area contributed by atoms with E-state index in [1.54, 1.807) is 18.3 Å². The first-order chi connectivity index (χ1) is 10.1. The zero-order valence-electron chi connectivity index (χ0n) is 10.8. The predicted molar refractivity (Wildman–Crippen MR) is 84.2 cm³/mol. The molecule has 0 atom stereocenters. The summed E-state index contributed by atoms with van der Waals surface area (Å²) in [6, 6.07) is 10.9. The van der Waals surface area contributed by atoms with Crippen molar-refractivity contribution >= 4 is 38.2 Å². The van der Waals surface area contributed by atoms with Crippen molar-refractivity contribution in [2.75, 3.05) is 5.32 Å². The van der Waals surface area contributed by atoms with Crippen molar-refractivity contribution in [2.45, 2.75) is 6.54 Å². The maximum atomic E-state index is 10.9. The van der Waals surface area contributed by atoms with Crippen molar-refractivity contribution < 1.29 is 4.92 Å². The molecule has 0 fully saturated rings. The molecular weight excluding hydrogens is 336 g/mol. The highest BCUT2D eigenvalue weighted by molar-refractivity contribution is 9.10. The van der Waals surface area contributed by atoms with Gasteiger partial charge in [-0.1, -0.05) is 18.2 Å². The summed E-state index contributed by atoms with van der Waals surface area (Å²) in [4.78, 5) is 10.5. The van der Waals surface area contributed by atoms with Gasteiger partial charge >= 0.3 is 0 Å². The highest BCUT2D eigenvalue weighted by atomic mass is 79.9. The molecule has 0 aliphatic rings. The molecule has 0 saturated heterocycles. The molecule has 0 bridgehead atoms. The average Bonchev–Trinajstić information content (AvgIpc) is 2.95. The lowest BCUT2D eigenvalue weighted by Crippen LogP contribution is -2.01. The minimum atomic E-state index is -0.400. The summed E-state index contributed by atoms with van der Waals surface area (Å²) in [5.41, 5.74) is 2.73. The van der Waals surface area contributed by atoms with E-state index in [1.165, 1.54) is 0 Å². The fourth-order valence-electron chi connectivity index (χ4n) is 2.12. The van der Waals surface area contributed by atoms with Crippen LogP contribution < -0.4 is 5.32 Å². The van der Waals surface area contributed by atoms with E-state index in [9.17, 15) is 10.1 Å². The van der Waals surface area contributed by atoms with Crippen LogP contribution in [0.5, 0.6) is 0 Å². The summed E-state index contributed by atoms with van der Waals surface area (Å²) in [6.45, 7) is 0.492. The van der Waals surface area contributed by atoms with Gasteiger partial charge in [0, 0.05) is 18.0 Å². The molecule has 0 aliphatic carbocycles. The van der Waals surface area contributed by atoms with E-state index in [2.05, 4.69) is 31.4 Å². The minimum Gasteiger partial charge on any atom is -0.379 e. The van der Waals surface area contributed by atoms with Gasteiger partial charge < -0.3 is 5.32 Å². The molecule has 2 aromatic carbocycles. The smallest absolute Gasteiger partial charge is 0.283 e. The number of hydrogen-bond acceptors (Lipinski definition) is 4. The van der Waals surface area contributed by atoms with Gasteiger partial charge in [0.25, 0.3) is 5.69 Å². The first-order valence-electron chi connectivity index (χ1n) is 6.24. The van der Waals surface area contributed by atoms with E-state index in [1.807, 2.05) is 24.3 Å². The Morgan fingerprint density at radius 2 is 2.19 bits per heavy atom. The highest BCUT2D eigenvalue weighted by Gasteiger charge is 2.12. The van der Waals surface area contributed by atoms with E-state index in [0.29, 0.717) is 11.0 Å². The van der Waals surface area contributed by atoms with Gasteiger partial charge in [-0.05, 0) is 33.6 Å². The summed E-state index contributed by atoms with van der Waals surface area (Å²) in [5, 5.41) is 22.2. The molecule has 106 valence electrons. The van der Waals surface area contributed by atoms with Crippen LogP contribution in [0.1, 0.15) is 5.56 Å². The van der Waals surface area contributed by atoms with Crippen LogP contribution in [0.4, 0.5) is 11.4 Å². The van der Waals surface area contributed by atoms with Crippen LogP contribution in [-0.2, 0) is 6.54 Å². The Morgan fingerprint density at radius 3 is 3.00 bits per heavy atom. The maximum Gasteiger partial charge on any atom is 0.283 e. The number of aromatic nitrogens is 2. The molecule has 0 radical (unpaired) electrons. The van der Waals surface area contributed by atoms with Crippen molar-refractivity contribution in [3.63, 3.8) is 0 Å². The van der Waals surface area contributed by atoms with Crippen LogP contribution in [-0.4, -0.2) is 15.1 Å². The van der Waals surface area contributed by atoms with Crippen molar-refractivity contribution in [1.82, 2.24) is 10.2 Å². The molecule has 7 heteroatoms. The number of fused-ring (bicyclic) bond motifs is 1. The first kappa shape index (κ1) is 13.6. The van der Waals surface area contributed by atoms with Crippen molar-refractivity contribution in [1.29, 1.82) is 0 Å². The van der Waals surface area contributed by atoms with E-state index in [0.717, 1.165) is 22.2 Å². The molecule has 1 heterocycles. The van der Waals surface area contributed by atoms with Gasteiger partial charge in [-0.15, -0.1) is 0 Å². The van der Waals surface area contributed by atoms with E-state index < -0.39 is 4.92 Å². The second-order valence-corrected chi connectivity index (χ2v) is 5.39. The number of aromatic amines is 1. The molecule has 3 rings (SSSR count). The van der Waals surface area contributed by atoms with E-state index in [-0.39, 0.29) is 5.69 Å². The molecule has 3 aromatic rings. The lowest BCUT2D eigenvalue weighted by Gasteiger charge is -2.08. The van der Waals surface area contributed by atoms with Crippen molar-refractivity contribution in [3.8, 4) is 0 Å². The number of nitro benzene ring substituents is 1. The summed E-state index contributed by atoms with van der Waals surface area (Å²) < 4.78 is 0.479. The summed E-state index contributed by atoms with van der Waals surface area (Å²) in [6.07, 6.45) is 1.75. The van der Waals surface area contributed by atoms with Crippen LogP contribution in [0.2, 0.25) is 0 Å². The Balaban J connectivity index is 1.83. The number of anilines is 1. The largest absolute Gasteiger partial charge is 0.379 e. The Bertz CT molecular complexity index is 816.